The fraction of sp³-hybridized carbons (Fsp3) is 0.278. The maximum Gasteiger partial charge on any atom is 0.229 e. The fourth-order valence-corrected chi connectivity index (χ4v) is 2.20. The lowest BCUT2D eigenvalue weighted by Gasteiger charge is -2.18. The molecule has 0 fully saturated rings. The van der Waals surface area contributed by atoms with Gasteiger partial charge in [-0.05, 0) is 48.9 Å². The van der Waals surface area contributed by atoms with Crippen LogP contribution >= 0.6 is 0 Å². The van der Waals surface area contributed by atoms with Crippen LogP contribution in [0.1, 0.15) is 26.3 Å². The summed E-state index contributed by atoms with van der Waals surface area (Å²) in [6, 6.07) is 9.64. The smallest absolute Gasteiger partial charge is 0.229 e. The summed E-state index contributed by atoms with van der Waals surface area (Å²) in [5, 5.41) is 11.8. The quantitative estimate of drug-likeness (QED) is 0.778. The summed E-state index contributed by atoms with van der Waals surface area (Å²) in [6.45, 7) is 7.50. The predicted molar refractivity (Wildman–Crippen MR) is 91.6 cm³/mol. The van der Waals surface area contributed by atoms with Gasteiger partial charge in [-0.15, -0.1) is 10.2 Å². The number of hydrogen-bond donors (Lipinski definition) is 1. The van der Waals surface area contributed by atoms with Gasteiger partial charge in [0.05, 0.1) is 5.69 Å². The number of rotatable bonds is 2. The second kappa shape index (κ2) is 5.70. The molecule has 0 saturated carbocycles. The number of aryl methyl sites for hydroxylation is 1. The molecule has 0 spiro atoms. The molecule has 1 aromatic heterocycles. The second-order valence-electron chi connectivity index (χ2n) is 6.83. The number of nitrogens with zero attached hydrogens (tertiary/aromatic N) is 3. The van der Waals surface area contributed by atoms with E-state index in [0.29, 0.717) is 22.4 Å². The van der Waals surface area contributed by atoms with Crippen molar-refractivity contribution in [1.29, 1.82) is 0 Å². The number of carbonyl (C=O) groups excluding carboxylic acids is 1. The SMILES string of the molecule is Cc1cc2nn(-c3ccc(F)cc3)nc2cc1NC(=O)C(C)(C)C. The molecule has 0 bridgehead atoms. The van der Waals surface area contributed by atoms with Crippen molar-refractivity contribution in [2.24, 2.45) is 5.41 Å². The van der Waals surface area contributed by atoms with Crippen molar-refractivity contribution in [2.45, 2.75) is 27.7 Å². The third-order valence-electron chi connectivity index (χ3n) is 3.71. The Morgan fingerprint density at radius 1 is 1.08 bits per heavy atom. The Morgan fingerprint density at radius 3 is 2.25 bits per heavy atom. The van der Waals surface area contributed by atoms with E-state index < -0.39 is 5.41 Å². The van der Waals surface area contributed by atoms with Gasteiger partial charge < -0.3 is 5.32 Å². The molecule has 0 aliphatic carbocycles. The monoisotopic (exact) mass is 326 g/mol. The van der Waals surface area contributed by atoms with Crippen molar-refractivity contribution < 1.29 is 9.18 Å². The van der Waals surface area contributed by atoms with Crippen molar-refractivity contribution >= 4 is 22.6 Å². The van der Waals surface area contributed by atoms with E-state index in [1.165, 1.54) is 16.9 Å². The molecule has 6 heteroatoms. The maximum atomic E-state index is 13.0. The Bertz CT molecular complexity index is 907. The molecule has 0 aliphatic rings. The molecule has 3 aromatic rings. The average Bonchev–Trinajstić information content (AvgIpc) is 2.90. The number of aromatic nitrogens is 3. The van der Waals surface area contributed by atoms with E-state index in [9.17, 15) is 9.18 Å². The predicted octanol–water partition coefficient (Wildman–Crippen LogP) is 3.85. The first kappa shape index (κ1) is 16.1. The molecule has 0 aliphatic heterocycles. The molecule has 5 nitrogen and oxygen atoms in total. The van der Waals surface area contributed by atoms with E-state index in [4.69, 9.17) is 0 Å². The zero-order valence-corrected chi connectivity index (χ0v) is 14.1. The summed E-state index contributed by atoms with van der Waals surface area (Å²) in [4.78, 5) is 13.7. The highest BCUT2D eigenvalue weighted by atomic mass is 19.1. The van der Waals surface area contributed by atoms with Crippen LogP contribution in [0, 0.1) is 18.2 Å². The fourth-order valence-electron chi connectivity index (χ4n) is 2.20. The highest BCUT2D eigenvalue weighted by Gasteiger charge is 2.22. The minimum Gasteiger partial charge on any atom is -0.325 e. The third kappa shape index (κ3) is 3.13. The molecule has 1 N–H and O–H groups in total. The van der Waals surface area contributed by atoms with Gasteiger partial charge in [0.2, 0.25) is 5.91 Å². The van der Waals surface area contributed by atoms with Crippen molar-refractivity contribution in [3.05, 3.63) is 47.8 Å². The lowest BCUT2D eigenvalue weighted by atomic mass is 9.95. The molecule has 0 unspecified atom stereocenters. The molecule has 124 valence electrons. The summed E-state index contributed by atoms with van der Waals surface area (Å²) in [6.07, 6.45) is 0. The van der Waals surface area contributed by atoms with Gasteiger partial charge in [-0.2, -0.15) is 4.80 Å². The Hall–Kier alpha value is -2.76. The highest BCUT2D eigenvalue weighted by molar-refractivity contribution is 5.97. The average molecular weight is 326 g/mol. The van der Waals surface area contributed by atoms with E-state index in [1.807, 2.05) is 33.8 Å². The maximum absolute atomic E-state index is 13.0. The van der Waals surface area contributed by atoms with Gasteiger partial charge in [0.15, 0.2) is 0 Å². The molecule has 0 atom stereocenters. The number of nitrogens with one attached hydrogen (secondary N) is 1. The summed E-state index contributed by atoms with van der Waals surface area (Å²) in [7, 11) is 0. The van der Waals surface area contributed by atoms with Crippen LogP contribution in [0.3, 0.4) is 0 Å². The van der Waals surface area contributed by atoms with Crippen LogP contribution in [0.4, 0.5) is 10.1 Å². The number of amides is 1. The largest absolute Gasteiger partial charge is 0.325 e. The van der Waals surface area contributed by atoms with Crippen molar-refractivity contribution in [3.63, 3.8) is 0 Å². The van der Waals surface area contributed by atoms with E-state index in [1.54, 1.807) is 18.2 Å². The normalized spacial score (nSPS) is 11.7. The van der Waals surface area contributed by atoms with E-state index in [-0.39, 0.29) is 11.7 Å². The Morgan fingerprint density at radius 2 is 1.67 bits per heavy atom. The van der Waals surface area contributed by atoms with E-state index in [0.717, 1.165) is 5.56 Å². The van der Waals surface area contributed by atoms with Crippen LogP contribution in [-0.2, 0) is 4.79 Å². The van der Waals surface area contributed by atoms with Crippen LogP contribution in [0.2, 0.25) is 0 Å². The second-order valence-corrected chi connectivity index (χ2v) is 6.83. The first-order chi connectivity index (χ1) is 11.2. The minimum atomic E-state index is -0.479. The Kier molecular flexibility index (Phi) is 3.83. The molecule has 1 amide bonds. The molecule has 1 heterocycles. The van der Waals surface area contributed by atoms with Crippen molar-refractivity contribution in [1.82, 2.24) is 15.0 Å². The molecule has 0 saturated heterocycles. The number of fused-ring (bicyclic) bond motifs is 1. The first-order valence-electron chi connectivity index (χ1n) is 7.69. The Balaban J connectivity index is 1.99. The van der Waals surface area contributed by atoms with Gasteiger partial charge in [-0.1, -0.05) is 20.8 Å². The number of hydrogen-bond acceptors (Lipinski definition) is 3. The lowest BCUT2D eigenvalue weighted by Crippen LogP contribution is -2.27. The zero-order valence-electron chi connectivity index (χ0n) is 14.1. The summed E-state index contributed by atoms with van der Waals surface area (Å²) in [5.41, 5.74) is 3.19. The van der Waals surface area contributed by atoms with Crippen LogP contribution in [0.5, 0.6) is 0 Å². The molecule has 0 radical (unpaired) electrons. The minimum absolute atomic E-state index is 0.0594. The van der Waals surface area contributed by atoms with Gasteiger partial charge in [0.1, 0.15) is 16.9 Å². The molecular formula is C18H19FN4O. The van der Waals surface area contributed by atoms with Crippen LogP contribution < -0.4 is 5.32 Å². The zero-order chi connectivity index (χ0) is 17.5. The molecule has 3 rings (SSSR count). The molecular weight excluding hydrogens is 307 g/mol. The van der Waals surface area contributed by atoms with Crippen LogP contribution in [0.15, 0.2) is 36.4 Å². The topological polar surface area (TPSA) is 59.8 Å². The van der Waals surface area contributed by atoms with Crippen LogP contribution in [0.25, 0.3) is 16.7 Å². The molecule has 2 aromatic carbocycles. The highest BCUT2D eigenvalue weighted by Crippen LogP contribution is 2.24. The van der Waals surface area contributed by atoms with E-state index >= 15 is 0 Å². The van der Waals surface area contributed by atoms with Gasteiger partial charge in [-0.25, -0.2) is 4.39 Å². The van der Waals surface area contributed by atoms with Gasteiger partial charge in [0.25, 0.3) is 0 Å². The number of anilines is 1. The summed E-state index contributed by atoms with van der Waals surface area (Å²) < 4.78 is 13.0. The summed E-state index contributed by atoms with van der Waals surface area (Å²) in [5.74, 6) is -0.366. The lowest BCUT2D eigenvalue weighted by molar-refractivity contribution is -0.123. The number of halogens is 1. The summed E-state index contributed by atoms with van der Waals surface area (Å²) >= 11 is 0. The van der Waals surface area contributed by atoms with Crippen molar-refractivity contribution in [3.8, 4) is 5.69 Å². The third-order valence-corrected chi connectivity index (χ3v) is 3.71. The Labute approximate surface area is 139 Å². The standard InChI is InChI=1S/C18H19FN4O/c1-11-9-15-16(10-14(11)20-17(24)18(2,3)4)22-23(21-15)13-7-5-12(19)6-8-13/h5-10H,1-4H3,(H,20,24). The van der Waals surface area contributed by atoms with Gasteiger partial charge >= 0.3 is 0 Å². The van der Waals surface area contributed by atoms with Crippen LogP contribution in [-0.4, -0.2) is 20.9 Å². The van der Waals surface area contributed by atoms with E-state index in [2.05, 4.69) is 15.5 Å². The van der Waals surface area contributed by atoms with Gasteiger partial charge in [0, 0.05) is 11.1 Å². The first-order valence-corrected chi connectivity index (χ1v) is 7.69. The number of carbonyl (C=O) groups is 1. The molecule has 24 heavy (non-hydrogen) atoms. The van der Waals surface area contributed by atoms with Gasteiger partial charge in [-0.3, -0.25) is 4.79 Å². The van der Waals surface area contributed by atoms with Crippen molar-refractivity contribution in [2.75, 3.05) is 5.32 Å². The number of benzene rings is 2.